The Morgan fingerprint density at radius 2 is 1.54 bits per heavy atom. The molecule has 0 aliphatic heterocycles. The average Bonchev–Trinajstić information content (AvgIpc) is 2.21. The molecule has 1 heteroatoms. The zero-order chi connectivity index (χ0) is 9.94. The van der Waals surface area contributed by atoms with Crippen LogP contribution >= 0.6 is 0 Å². The lowest BCUT2D eigenvalue weighted by Crippen LogP contribution is -1.77. The van der Waals surface area contributed by atoms with Crippen LogP contribution in [0.2, 0.25) is 0 Å². The van der Waals surface area contributed by atoms with Crippen molar-refractivity contribution in [3.8, 4) is 0 Å². The quantitative estimate of drug-likeness (QED) is 0.756. The summed E-state index contributed by atoms with van der Waals surface area (Å²) in [5, 5.41) is 8.54. The van der Waals surface area contributed by atoms with Crippen molar-refractivity contribution in [2.45, 2.75) is 39.7 Å². The minimum atomic E-state index is 0.140. The monoisotopic (exact) mass is 180 g/mol. The summed E-state index contributed by atoms with van der Waals surface area (Å²) in [6.07, 6.45) is 4.08. The van der Waals surface area contributed by atoms with Crippen molar-refractivity contribution in [2.24, 2.45) is 0 Å². The van der Waals surface area contributed by atoms with Crippen molar-refractivity contribution >= 4 is 0 Å². The fourth-order valence-electron chi connectivity index (χ4n) is 0.937. The van der Waals surface area contributed by atoms with Crippen LogP contribution in [0.25, 0.3) is 0 Å². The van der Waals surface area contributed by atoms with E-state index >= 15 is 0 Å². The van der Waals surface area contributed by atoms with Gasteiger partial charge in [-0.05, 0) is 5.56 Å². The predicted octanol–water partition coefficient (Wildman–Crippen LogP) is 3.38. The molecule has 0 saturated heterocycles. The van der Waals surface area contributed by atoms with Gasteiger partial charge < -0.3 is 5.11 Å². The van der Waals surface area contributed by atoms with Gasteiger partial charge in [-0.15, -0.1) is 0 Å². The van der Waals surface area contributed by atoms with Crippen LogP contribution in [-0.2, 0) is 6.61 Å². The fraction of sp³-hybridized carbons (Fsp3) is 0.500. The Kier molecular flexibility index (Phi) is 8.68. The second-order valence-electron chi connectivity index (χ2n) is 3.00. The summed E-state index contributed by atoms with van der Waals surface area (Å²) >= 11 is 0. The molecule has 13 heavy (non-hydrogen) atoms. The predicted molar refractivity (Wildman–Crippen MR) is 57.6 cm³/mol. The number of aliphatic hydroxyl groups excluding tert-OH is 1. The van der Waals surface area contributed by atoms with Gasteiger partial charge in [-0.3, -0.25) is 0 Å². The van der Waals surface area contributed by atoms with Crippen LogP contribution in [0.5, 0.6) is 0 Å². The largest absolute Gasteiger partial charge is 0.392 e. The van der Waals surface area contributed by atoms with Crippen LogP contribution in [0.15, 0.2) is 30.3 Å². The fourth-order valence-corrected chi connectivity index (χ4v) is 0.937. The Balaban J connectivity index is 0.000000252. The van der Waals surface area contributed by atoms with Gasteiger partial charge in [0.15, 0.2) is 0 Å². The van der Waals surface area contributed by atoms with Crippen molar-refractivity contribution < 1.29 is 5.11 Å². The molecule has 0 bridgehead atoms. The highest BCUT2D eigenvalue weighted by Crippen LogP contribution is 1.95. The van der Waals surface area contributed by atoms with E-state index in [4.69, 9.17) is 5.11 Å². The van der Waals surface area contributed by atoms with E-state index in [1.54, 1.807) is 0 Å². The Hall–Kier alpha value is -0.820. The van der Waals surface area contributed by atoms with Crippen LogP contribution in [0.3, 0.4) is 0 Å². The molecule has 0 saturated carbocycles. The van der Waals surface area contributed by atoms with Gasteiger partial charge in [0.2, 0.25) is 0 Å². The molecule has 0 aromatic heterocycles. The lowest BCUT2D eigenvalue weighted by molar-refractivity contribution is 0.282. The molecule has 1 N–H and O–H groups in total. The second-order valence-corrected chi connectivity index (χ2v) is 3.00. The number of hydrogen-bond acceptors (Lipinski definition) is 1. The highest BCUT2D eigenvalue weighted by Gasteiger charge is 1.81. The highest BCUT2D eigenvalue weighted by molar-refractivity contribution is 5.12. The SMILES string of the molecule is CCCCC.OCc1ccccc1. The summed E-state index contributed by atoms with van der Waals surface area (Å²) in [5.74, 6) is 0. The molecule has 0 unspecified atom stereocenters. The standard InChI is InChI=1S/C7H8O.C5H12/c8-6-7-4-2-1-3-5-7;1-3-5-4-2/h1-5,8H,6H2;3-5H2,1-2H3. The van der Waals surface area contributed by atoms with Crippen molar-refractivity contribution in [2.75, 3.05) is 0 Å². The van der Waals surface area contributed by atoms with Crippen molar-refractivity contribution in [3.05, 3.63) is 35.9 Å². The molecule has 1 nitrogen and oxygen atoms in total. The molecule has 74 valence electrons. The van der Waals surface area contributed by atoms with Gasteiger partial charge in [0.1, 0.15) is 0 Å². The maximum absolute atomic E-state index is 8.54. The average molecular weight is 180 g/mol. The third-order valence-corrected chi connectivity index (χ3v) is 1.73. The van der Waals surface area contributed by atoms with Crippen LogP contribution in [0.1, 0.15) is 38.7 Å². The van der Waals surface area contributed by atoms with Gasteiger partial charge in [0.25, 0.3) is 0 Å². The normalized spacial score (nSPS) is 8.85. The zero-order valence-electron chi connectivity index (χ0n) is 8.66. The van der Waals surface area contributed by atoms with Gasteiger partial charge in [0.05, 0.1) is 6.61 Å². The second kappa shape index (κ2) is 9.27. The van der Waals surface area contributed by atoms with Crippen molar-refractivity contribution in [1.82, 2.24) is 0 Å². The Morgan fingerprint density at radius 3 is 1.77 bits per heavy atom. The topological polar surface area (TPSA) is 20.2 Å². The molecule has 0 heterocycles. The number of aliphatic hydroxyl groups is 1. The minimum absolute atomic E-state index is 0.140. The summed E-state index contributed by atoms with van der Waals surface area (Å²) in [6.45, 7) is 4.56. The van der Waals surface area contributed by atoms with Crippen molar-refractivity contribution in [1.29, 1.82) is 0 Å². The van der Waals surface area contributed by atoms with Gasteiger partial charge in [-0.25, -0.2) is 0 Å². The van der Waals surface area contributed by atoms with Crippen LogP contribution < -0.4 is 0 Å². The number of benzene rings is 1. The lowest BCUT2D eigenvalue weighted by atomic mass is 10.2. The van der Waals surface area contributed by atoms with Gasteiger partial charge in [0, 0.05) is 0 Å². The maximum atomic E-state index is 8.54. The van der Waals surface area contributed by atoms with E-state index in [0.29, 0.717) is 0 Å². The molecule has 0 radical (unpaired) electrons. The molecule has 0 atom stereocenters. The van der Waals surface area contributed by atoms with Crippen molar-refractivity contribution in [3.63, 3.8) is 0 Å². The molecule has 1 rings (SSSR count). The molecule has 0 spiro atoms. The molecule has 1 aromatic rings. The summed E-state index contributed by atoms with van der Waals surface area (Å²) in [5.41, 5.74) is 0.965. The number of rotatable bonds is 3. The van der Waals surface area contributed by atoms with E-state index in [9.17, 15) is 0 Å². The van der Waals surface area contributed by atoms with E-state index in [1.807, 2.05) is 30.3 Å². The molecular weight excluding hydrogens is 160 g/mol. The number of unbranched alkanes of at least 4 members (excludes halogenated alkanes) is 2. The van der Waals surface area contributed by atoms with E-state index in [-0.39, 0.29) is 6.61 Å². The molecule has 0 amide bonds. The van der Waals surface area contributed by atoms with E-state index in [2.05, 4.69) is 13.8 Å². The minimum Gasteiger partial charge on any atom is -0.392 e. The van der Waals surface area contributed by atoms with Crippen LogP contribution in [0.4, 0.5) is 0 Å². The molecule has 0 fully saturated rings. The summed E-state index contributed by atoms with van der Waals surface area (Å²) in [4.78, 5) is 0. The van der Waals surface area contributed by atoms with Gasteiger partial charge in [-0.1, -0.05) is 63.4 Å². The first-order chi connectivity index (χ1) is 6.35. The Labute approximate surface area is 81.4 Å². The molecule has 0 aliphatic carbocycles. The lowest BCUT2D eigenvalue weighted by Gasteiger charge is -1.89. The molecule has 0 aliphatic rings. The third kappa shape index (κ3) is 7.54. The summed E-state index contributed by atoms with van der Waals surface area (Å²) in [7, 11) is 0. The van der Waals surface area contributed by atoms with Gasteiger partial charge in [-0.2, -0.15) is 0 Å². The Morgan fingerprint density at radius 1 is 1.00 bits per heavy atom. The van der Waals surface area contributed by atoms with Crippen LogP contribution in [0, 0.1) is 0 Å². The number of hydrogen-bond donors (Lipinski definition) is 1. The first-order valence-electron chi connectivity index (χ1n) is 4.99. The molecule has 1 aromatic carbocycles. The van der Waals surface area contributed by atoms with E-state index < -0.39 is 0 Å². The maximum Gasteiger partial charge on any atom is 0.0681 e. The first kappa shape index (κ1) is 12.2. The summed E-state index contributed by atoms with van der Waals surface area (Å²) < 4.78 is 0. The highest BCUT2D eigenvalue weighted by atomic mass is 16.3. The summed E-state index contributed by atoms with van der Waals surface area (Å²) in [6, 6.07) is 9.52. The Bertz CT molecular complexity index is 180. The third-order valence-electron chi connectivity index (χ3n) is 1.73. The first-order valence-corrected chi connectivity index (χ1v) is 4.99. The molecular formula is C12H20O. The zero-order valence-corrected chi connectivity index (χ0v) is 8.66. The van der Waals surface area contributed by atoms with Gasteiger partial charge >= 0.3 is 0 Å². The smallest absolute Gasteiger partial charge is 0.0681 e. The van der Waals surface area contributed by atoms with E-state index in [0.717, 1.165) is 5.56 Å². The van der Waals surface area contributed by atoms with E-state index in [1.165, 1.54) is 19.3 Å². The van der Waals surface area contributed by atoms with Crippen LogP contribution in [-0.4, -0.2) is 5.11 Å².